The van der Waals surface area contributed by atoms with Gasteiger partial charge in [0.2, 0.25) is 11.8 Å². The highest BCUT2D eigenvalue weighted by Gasteiger charge is 2.39. The molecular formula is C23H28N2O4. The summed E-state index contributed by atoms with van der Waals surface area (Å²) >= 11 is 0. The van der Waals surface area contributed by atoms with Gasteiger partial charge in [0.1, 0.15) is 6.04 Å². The third-order valence-electron chi connectivity index (χ3n) is 5.20. The van der Waals surface area contributed by atoms with E-state index < -0.39 is 11.9 Å². The predicted octanol–water partition coefficient (Wildman–Crippen LogP) is 2.78. The minimum atomic E-state index is -0.596. The van der Waals surface area contributed by atoms with Crippen LogP contribution < -0.4 is 5.32 Å². The smallest absolute Gasteiger partial charge is 0.255 e. The van der Waals surface area contributed by atoms with Crippen LogP contribution in [-0.4, -0.2) is 41.4 Å². The van der Waals surface area contributed by atoms with E-state index in [0.29, 0.717) is 18.5 Å². The predicted molar refractivity (Wildman–Crippen MR) is 109 cm³/mol. The standard InChI is InChI=1S/C23H28N2O4/c1-16(2)29-14-7-5-3-4-6-9-17-10-8-11-18-19(17)15-25(23(18)28)20-12-13-21(26)24-22(20)27/h8,10-11,16,20H,3-5,7,12-15H2,1-2H3,(H,24,26,27). The summed E-state index contributed by atoms with van der Waals surface area (Å²) in [5.74, 6) is 5.58. The van der Waals surface area contributed by atoms with Gasteiger partial charge in [-0.2, -0.15) is 0 Å². The molecule has 1 saturated heterocycles. The van der Waals surface area contributed by atoms with Crippen LogP contribution in [0, 0.1) is 11.8 Å². The lowest BCUT2D eigenvalue weighted by molar-refractivity contribution is -0.136. The molecule has 1 atom stereocenters. The summed E-state index contributed by atoms with van der Waals surface area (Å²) < 4.78 is 5.53. The Kier molecular flexibility index (Phi) is 7.05. The van der Waals surface area contributed by atoms with Crippen molar-refractivity contribution in [3.8, 4) is 11.8 Å². The summed E-state index contributed by atoms with van der Waals surface area (Å²) in [6.07, 6.45) is 4.84. The van der Waals surface area contributed by atoms with Gasteiger partial charge in [-0.1, -0.05) is 24.3 Å². The van der Waals surface area contributed by atoms with Crippen LogP contribution in [0.3, 0.4) is 0 Å². The normalized spacial score (nSPS) is 18.5. The second kappa shape index (κ2) is 9.71. The van der Waals surface area contributed by atoms with E-state index in [2.05, 4.69) is 17.2 Å². The summed E-state index contributed by atoms with van der Waals surface area (Å²) in [6.45, 7) is 5.22. The van der Waals surface area contributed by atoms with Crippen LogP contribution in [0.5, 0.6) is 0 Å². The van der Waals surface area contributed by atoms with E-state index in [1.165, 1.54) is 0 Å². The first-order valence-electron chi connectivity index (χ1n) is 10.3. The number of imide groups is 1. The van der Waals surface area contributed by atoms with Crippen LogP contribution in [-0.2, 0) is 20.9 Å². The largest absolute Gasteiger partial charge is 0.379 e. The number of hydrogen-bond donors (Lipinski definition) is 1. The molecule has 6 nitrogen and oxygen atoms in total. The van der Waals surface area contributed by atoms with Crippen LogP contribution >= 0.6 is 0 Å². The zero-order valence-corrected chi connectivity index (χ0v) is 17.1. The number of hydrogen-bond acceptors (Lipinski definition) is 4. The van der Waals surface area contributed by atoms with Crippen molar-refractivity contribution in [3.63, 3.8) is 0 Å². The fourth-order valence-corrected chi connectivity index (χ4v) is 3.67. The van der Waals surface area contributed by atoms with Crippen LogP contribution in [0.2, 0.25) is 0 Å². The number of ether oxygens (including phenoxy) is 1. The van der Waals surface area contributed by atoms with Crippen molar-refractivity contribution in [2.24, 2.45) is 0 Å². The van der Waals surface area contributed by atoms with E-state index in [-0.39, 0.29) is 24.3 Å². The molecule has 1 fully saturated rings. The number of nitrogens with one attached hydrogen (secondary N) is 1. The van der Waals surface area contributed by atoms with Crippen LogP contribution in [0.1, 0.15) is 73.9 Å². The molecule has 0 spiro atoms. The van der Waals surface area contributed by atoms with Crippen molar-refractivity contribution in [2.45, 2.75) is 71.1 Å². The third-order valence-corrected chi connectivity index (χ3v) is 5.20. The van der Waals surface area contributed by atoms with E-state index in [0.717, 1.165) is 43.4 Å². The van der Waals surface area contributed by atoms with Gasteiger partial charge >= 0.3 is 0 Å². The average Bonchev–Trinajstić information content (AvgIpc) is 3.01. The molecule has 0 bridgehead atoms. The number of rotatable bonds is 7. The summed E-state index contributed by atoms with van der Waals surface area (Å²) in [7, 11) is 0. The van der Waals surface area contributed by atoms with Gasteiger partial charge in [0.15, 0.2) is 0 Å². The quantitative estimate of drug-likeness (QED) is 0.437. The fourth-order valence-electron chi connectivity index (χ4n) is 3.67. The number of piperidine rings is 1. The zero-order chi connectivity index (χ0) is 20.8. The highest BCUT2D eigenvalue weighted by molar-refractivity contribution is 6.05. The van der Waals surface area contributed by atoms with Gasteiger partial charge in [0, 0.05) is 37.1 Å². The Hall–Kier alpha value is -2.65. The van der Waals surface area contributed by atoms with E-state index in [1.54, 1.807) is 11.0 Å². The van der Waals surface area contributed by atoms with Crippen molar-refractivity contribution in [1.29, 1.82) is 0 Å². The number of amides is 3. The summed E-state index contributed by atoms with van der Waals surface area (Å²) in [6, 6.07) is 4.94. The molecular weight excluding hydrogens is 368 g/mol. The van der Waals surface area contributed by atoms with Crippen LogP contribution in [0.4, 0.5) is 0 Å². The first-order chi connectivity index (χ1) is 14.0. The van der Waals surface area contributed by atoms with Crippen LogP contribution in [0.15, 0.2) is 18.2 Å². The van der Waals surface area contributed by atoms with Gasteiger partial charge in [0.05, 0.1) is 6.10 Å². The fraction of sp³-hybridized carbons (Fsp3) is 0.522. The van der Waals surface area contributed by atoms with Gasteiger partial charge < -0.3 is 9.64 Å². The average molecular weight is 396 g/mol. The number of nitrogens with zero attached hydrogens (tertiary/aromatic N) is 1. The van der Waals surface area contributed by atoms with Gasteiger partial charge in [0.25, 0.3) is 5.91 Å². The molecule has 3 rings (SSSR count). The molecule has 1 aromatic rings. The lowest BCUT2D eigenvalue weighted by Crippen LogP contribution is -2.52. The molecule has 2 aliphatic rings. The molecule has 1 N–H and O–H groups in total. The minimum Gasteiger partial charge on any atom is -0.379 e. The molecule has 2 aliphatic heterocycles. The molecule has 0 radical (unpaired) electrons. The third kappa shape index (κ3) is 5.24. The van der Waals surface area contributed by atoms with Gasteiger partial charge in [-0.3, -0.25) is 19.7 Å². The Morgan fingerprint density at radius 2 is 2.03 bits per heavy atom. The number of carbonyl (C=O) groups excluding carboxylic acids is 3. The molecule has 0 aromatic heterocycles. The molecule has 6 heteroatoms. The highest BCUT2D eigenvalue weighted by Crippen LogP contribution is 2.29. The van der Waals surface area contributed by atoms with Gasteiger partial charge in [-0.15, -0.1) is 0 Å². The molecule has 1 aromatic carbocycles. The topological polar surface area (TPSA) is 75.7 Å². The Balaban J connectivity index is 1.58. The molecule has 0 saturated carbocycles. The van der Waals surface area contributed by atoms with E-state index in [9.17, 15) is 14.4 Å². The van der Waals surface area contributed by atoms with Crippen molar-refractivity contribution in [3.05, 3.63) is 34.9 Å². The summed E-state index contributed by atoms with van der Waals surface area (Å²) in [5, 5.41) is 2.33. The second-order valence-electron chi connectivity index (χ2n) is 7.76. The molecule has 2 heterocycles. The van der Waals surface area contributed by atoms with Gasteiger partial charge in [-0.05, 0) is 50.8 Å². The summed E-state index contributed by atoms with van der Waals surface area (Å²) in [4.78, 5) is 37.9. The molecule has 29 heavy (non-hydrogen) atoms. The van der Waals surface area contributed by atoms with Gasteiger partial charge in [-0.25, -0.2) is 0 Å². The molecule has 0 aliphatic carbocycles. The lowest BCUT2D eigenvalue weighted by atomic mass is 10.0. The Morgan fingerprint density at radius 1 is 1.21 bits per heavy atom. The molecule has 154 valence electrons. The van der Waals surface area contributed by atoms with Crippen molar-refractivity contribution < 1.29 is 19.1 Å². The number of benzene rings is 1. The summed E-state index contributed by atoms with van der Waals surface area (Å²) in [5.41, 5.74) is 2.32. The van der Waals surface area contributed by atoms with E-state index in [1.807, 2.05) is 26.0 Å². The SMILES string of the molecule is CC(C)OCCCCCC#Cc1cccc2c1CN(C1CCC(=O)NC1=O)C2=O. The number of carbonyl (C=O) groups is 3. The van der Waals surface area contributed by atoms with E-state index >= 15 is 0 Å². The lowest BCUT2D eigenvalue weighted by Gasteiger charge is -2.29. The van der Waals surface area contributed by atoms with E-state index in [4.69, 9.17) is 4.74 Å². The number of fused-ring (bicyclic) bond motifs is 1. The number of unbranched alkanes of at least 4 members (excludes halogenated alkanes) is 3. The maximum absolute atomic E-state index is 12.8. The zero-order valence-electron chi connectivity index (χ0n) is 17.1. The van der Waals surface area contributed by atoms with Crippen LogP contribution in [0.25, 0.3) is 0 Å². The van der Waals surface area contributed by atoms with Crippen molar-refractivity contribution >= 4 is 17.7 Å². The second-order valence-corrected chi connectivity index (χ2v) is 7.76. The molecule has 3 amide bonds. The molecule has 1 unspecified atom stereocenters. The Bertz CT molecular complexity index is 850. The first-order valence-corrected chi connectivity index (χ1v) is 10.3. The maximum atomic E-state index is 12.8. The highest BCUT2D eigenvalue weighted by atomic mass is 16.5. The monoisotopic (exact) mass is 396 g/mol. The first kappa shape index (κ1) is 21.1. The Morgan fingerprint density at radius 3 is 2.79 bits per heavy atom. The minimum absolute atomic E-state index is 0.164. The Labute approximate surface area is 172 Å². The van der Waals surface area contributed by atoms with Crippen molar-refractivity contribution in [1.82, 2.24) is 10.2 Å². The maximum Gasteiger partial charge on any atom is 0.255 e. The van der Waals surface area contributed by atoms with Crippen molar-refractivity contribution in [2.75, 3.05) is 6.61 Å².